The SMILES string of the molecule is O=C(NCCc1ccccn1)c1cc[c]cc1. The van der Waals surface area contributed by atoms with Crippen LogP contribution in [0.1, 0.15) is 16.1 Å². The van der Waals surface area contributed by atoms with Gasteiger partial charge >= 0.3 is 0 Å². The van der Waals surface area contributed by atoms with Crippen molar-refractivity contribution in [3.8, 4) is 0 Å². The fraction of sp³-hybridized carbons (Fsp3) is 0.143. The minimum absolute atomic E-state index is 0.0602. The van der Waals surface area contributed by atoms with E-state index in [1.807, 2.05) is 18.2 Å². The van der Waals surface area contributed by atoms with Gasteiger partial charge < -0.3 is 5.32 Å². The molecule has 3 heteroatoms. The zero-order chi connectivity index (χ0) is 11.9. The summed E-state index contributed by atoms with van der Waals surface area (Å²) in [5.41, 5.74) is 1.64. The van der Waals surface area contributed by atoms with Gasteiger partial charge in [0.25, 0.3) is 5.91 Å². The van der Waals surface area contributed by atoms with E-state index in [2.05, 4.69) is 16.4 Å². The molecule has 0 aliphatic carbocycles. The molecule has 0 fully saturated rings. The summed E-state index contributed by atoms with van der Waals surface area (Å²) >= 11 is 0. The van der Waals surface area contributed by atoms with Crippen LogP contribution in [-0.2, 0) is 6.42 Å². The number of hydrogen-bond donors (Lipinski definition) is 1. The molecule has 0 atom stereocenters. The van der Waals surface area contributed by atoms with Crippen molar-refractivity contribution in [1.82, 2.24) is 10.3 Å². The maximum atomic E-state index is 11.7. The minimum atomic E-state index is -0.0602. The number of nitrogens with one attached hydrogen (secondary N) is 1. The summed E-state index contributed by atoms with van der Waals surface area (Å²) < 4.78 is 0. The molecular weight excluding hydrogens is 212 g/mol. The summed E-state index contributed by atoms with van der Waals surface area (Å²) in [5.74, 6) is -0.0602. The lowest BCUT2D eigenvalue weighted by atomic mass is 10.2. The number of hydrogen-bond acceptors (Lipinski definition) is 2. The molecule has 3 nitrogen and oxygen atoms in total. The number of amides is 1. The first-order valence-corrected chi connectivity index (χ1v) is 5.50. The van der Waals surface area contributed by atoms with Crippen LogP contribution in [0.3, 0.4) is 0 Å². The topological polar surface area (TPSA) is 42.0 Å². The van der Waals surface area contributed by atoms with E-state index >= 15 is 0 Å². The second kappa shape index (κ2) is 5.80. The van der Waals surface area contributed by atoms with Crippen molar-refractivity contribution in [1.29, 1.82) is 0 Å². The van der Waals surface area contributed by atoms with Crippen molar-refractivity contribution in [2.24, 2.45) is 0 Å². The van der Waals surface area contributed by atoms with E-state index in [0.717, 1.165) is 12.1 Å². The molecular formula is C14H13N2O. The Bertz CT molecular complexity index is 468. The van der Waals surface area contributed by atoms with Crippen LogP contribution in [0, 0.1) is 6.07 Å². The molecule has 1 heterocycles. The average molecular weight is 225 g/mol. The first kappa shape index (κ1) is 11.3. The van der Waals surface area contributed by atoms with E-state index in [0.29, 0.717) is 12.1 Å². The molecule has 2 rings (SSSR count). The van der Waals surface area contributed by atoms with Crippen molar-refractivity contribution in [3.05, 3.63) is 66.0 Å². The van der Waals surface area contributed by atoms with Crippen molar-refractivity contribution in [3.63, 3.8) is 0 Å². The van der Waals surface area contributed by atoms with Crippen LogP contribution in [0.4, 0.5) is 0 Å². The molecule has 1 aromatic heterocycles. The fourth-order valence-electron chi connectivity index (χ4n) is 1.49. The van der Waals surface area contributed by atoms with Gasteiger partial charge in [0, 0.05) is 30.4 Å². The Balaban J connectivity index is 1.82. The van der Waals surface area contributed by atoms with E-state index in [-0.39, 0.29) is 5.91 Å². The molecule has 1 N–H and O–H groups in total. The lowest BCUT2D eigenvalue weighted by Crippen LogP contribution is -2.25. The van der Waals surface area contributed by atoms with Gasteiger partial charge in [0.1, 0.15) is 0 Å². The number of carbonyl (C=O) groups excluding carboxylic acids is 1. The number of nitrogens with zero attached hydrogens (tertiary/aromatic N) is 1. The molecule has 1 radical (unpaired) electrons. The number of carbonyl (C=O) groups is 1. The summed E-state index contributed by atoms with van der Waals surface area (Å²) in [7, 11) is 0. The molecule has 0 aliphatic rings. The normalized spacial score (nSPS) is 9.88. The Hall–Kier alpha value is -2.16. The molecule has 0 bridgehead atoms. The first-order chi connectivity index (χ1) is 8.36. The van der Waals surface area contributed by atoms with Gasteiger partial charge in [-0.25, -0.2) is 0 Å². The van der Waals surface area contributed by atoms with Gasteiger partial charge in [0.15, 0.2) is 0 Å². The zero-order valence-electron chi connectivity index (χ0n) is 9.39. The van der Waals surface area contributed by atoms with Gasteiger partial charge in [-0.1, -0.05) is 18.2 Å². The fourth-order valence-corrected chi connectivity index (χ4v) is 1.49. The monoisotopic (exact) mass is 225 g/mol. The number of pyridine rings is 1. The third-order valence-corrected chi connectivity index (χ3v) is 2.37. The summed E-state index contributed by atoms with van der Waals surface area (Å²) in [6.07, 6.45) is 2.50. The lowest BCUT2D eigenvalue weighted by molar-refractivity contribution is 0.0954. The van der Waals surface area contributed by atoms with E-state index in [1.165, 1.54) is 0 Å². The summed E-state index contributed by atoms with van der Waals surface area (Å²) in [6, 6.07) is 15.6. The van der Waals surface area contributed by atoms with Gasteiger partial charge in [-0.3, -0.25) is 9.78 Å². The molecule has 1 amide bonds. The Morgan fingerprint density at radius 2 is 2.06 bits per heavy atom. The predicted octanol–water partition coefficient (Wildman–Crippen LogP) is 1.85. The third-order valence-electron chi connectivity index (χ3n) is 2.37. The molecule has 2 aromatic rings. The highest BCUT2D eigenvalue weighted by Crippen LogP contribution is 1.98. The van der Waals surface area contributed by atoms with Crippen LogP contribution in [0.15, 0.2) is 48.7 Å². The maximum absolute atomic E-state index is 11.7. The third kappa shape index (κ3) is 3.41. The molecule has 0 saturated carbocycles. The van der Waals surface area contributed by atoms with Crippen molar-refractivity contribution in [2.45, 2.75) is 6.42 Å². The smallest absolute Gasteiger partial charge is 0.251 e. The number of rotatable bonds is 4. The highest BCUT2D eigenvalue weighted by Gasteiger charge is 2.03. The van der Waals surface area contributed by atoms with E-state index < -0.39 is 0 Å². The Labute approximate surface area is 101 Å². The van der Waals surface area contributed by atoms with Crippen molar-refractivity contribution >= 4 is 5.91 Å². The van der Waals surface area contributed by atoms with Crippen LogP contribution in [-0.4, -0.2) is 17.4 Å². The number of benzene rings is 1. The molecule has 17 heavy (non-hydrogen) atoms. The highest BCUT2D eigenvalue weighted by molar-refractivity contribution is 5.94. The maximum Gasteiger partial charge on any atom is 0.251 e. The largest absolute Gasteiger partial charge is 0.352 e. The van der Waals surface area contributed by atoms with Crippen LogP contribution in [0.5, 0.6) is 0 Å². The second-order valence-corrected chi connectivity index (χ2v) is 3.62. The lowest BCUT2D eigenvalue weighted by Gasteiger charge is -2.04. The van der Waals surface area contributed by atoms with E-state index in [9.17, 15) is 4.79 Å². The van der Waals surface area contributed by atoms with Crippen LogP contribution >= 0.6 is 0 Å². The summed E-state index contributed by atoms with van der Waals surface area (Å²) in [4.78, 5) is 15.9. The quantitative estimate of drug-likeness (QED) is 0.862. The van der Waals surface area contributed by atoms with Gasteiger partial charge in [-0.05, 0) is 30.3 Å². The van der Waals surface area contributed by atoms with E-state index in [4.69, 9.17) is 0 Å². The Kier molecular flexibility index (Phi) is 3.86. The van der Waals surface area contributed by atoms with Gasteiger partial charge in [-0.15, -0.1) is 0 Å². The first-order valence-electron chi connectivity index (χ1n) is 5.50. The molecule has 1 aromatic carbocycles. The Morgan fingerprint density at radius 1 is 1.24 bits per heavy atom. The minimum Gasteiger partial charge on any atom is -0.352 e. The van der Waals surface area contributed by atoms with Crippen LogP contribution < -0.4 is 5.32 Å². The van der Waals surface area contributed by atoms with Gasteiger partial charge in [0.2, 0.25) is 0 Å². The molecule has 85 valence electrons. The van der Waals surface area contributed by atoms with Crippen molar-refractivity contribution in [2.75, 3.05) is 6.54 Å². The Morgan fingerprint density at radius 3 is 2.76 bits per heavy atom. The zero-order valence-corrected chi connectivity index (χ0v) is 9.39. The number of aromatic nitrogens is 1. The van der Waals surface area contributed by atoms with Crippen molar-refractivity contribution < 1.29 is 4.79 Å². The second-order valence-electron chi connectivity index (χ2n) is 3.62. The summed E-state index contributed by atoms with van der Waals surface area (Å²) in [6.45, 7) is 0.592. The average Bonchev–Trinajstić information content (AvgIpc) is 2.41. The summed E-state index contributed by atoms with van der Waals surface area (Å²) in [5, 5.41) is 2.85. The molecule has 0 unspecified atom stereocenters. The van der Waals surface area contributed by atoms with Crippen LogP contribution in [0.2, 0.25) is 0 Å². The van der Waals surface area contributed by atoms with Gasteiger partial charge in [0.05, 0.1) is 0 Å². The molecule has 0 aliphatic heterocycles. The predicted molar refractivity (Wildman–Crippen MR) is 65.6 cm³/mol. The standard InChI is InChI=1S/C14H13N2O/c17-14(12-6-2-1-3-7-12)16-11-9-13-8-4-5-10-15-13/h2-8,10H,9,11H2,(H,16,17). The van der Waals surface area contributed by atoms with Crippen LogP contribution in [0.25, 0.3) is 0 Å². The molecule has 0 spiro atoms. The van der Waals surface area contributed by atoms with E-state index in [1.54, 1.807) is 30.5 Å². The molecule has 0 saturated heterocycles. The highest BCUT2D eigenvalue weighted by atomic mass is 16.1. The van der Waals surface area contributed by atoms with Gasteiger partial charge in [-0.2, -0.15) is 0 Å².